The van der Waals surface area contributed by atoms with E-state index in [1.54, 1.807) is 31.2 Å². The molecule has 1 unspecified atom stereocenters. The maximum atomic E-state index is 11.4. The molecule has 0 amide bonds. The monoisotopic (exact) mass is 243 g/mol. The molecule has 88 valence electrons. The van der Waals surface area contributed by atoms with Crippen LogP contribution in [0.1, 0.15) is 6.92 Å². The Labute approximate surface area is 99.2 Å². The molecule has 0 aromatic heterocycles. The van der Waals surface area contributed by atoms with Gasteiger partial charge in [-0.15, -0.1) is 0 Å². The van der Waals surface area contributed by atoms with Crippen LogP contribution in [-0.2, 0) is 9.53 Å². The second kappa shape index (κ2) is 6.35. The topological polar surface area (TPSA) is 58.6 Å². The number of nitrogens with one attached hydrogen (secondary N) is 1. The quantitative estimate of drug-likeness (QED) is 0.773. The SMILES string of the molecule is CCOC(=O)C(CO)Nc1ccccc1Cl. The molecule has 0 aliphatic carbocycles. The maximum absolute atomic E-state index is 11.4. The largest absolute Gasteiger partial charge is 0.464 e. The summed E-state index contributed by atoms with van der Waals surface area (Å²) in [5.74, 6) is -0.495. The molecular weight excluding hydrogens is 230 g/mol. The van der Waals surface area contributed by atoms with Crippen molar-refractivity contribution in [3.05, 3.63) is 29.3 Å². The predicted octanol–water partition coefficient (Wildman–Crippen LogP) is 1.68. The molecule has 1 aromatic carbocycles. The Hall–Kier alpha value is -1.26. The van der Waals surface area contributed by atoms with Gasteiger partial charge in [-0.2, -0.15) is 0 Å². The van der Waals surface area contributed by atoms with Crippen molar-refractivity contribution >= 4 is 23.3 Å². The molecule has 0 fully saturated rings. The Bertz CT molecular complexity index is 357. The number of carbonyl (C=O) groups excluding carboxylic acids is 1. The van der Waals surface area contributed by atoms with Gasteiger partial charge in [0.2, 0.25) is 0 Å². The van der Waals surface area contributed by atoms with Gasteiger partial charge in [0, 0.05) is 0 Å². The summed E-state index contributed by atoms with van der Waals surface area (Å²) in [6.45, 7) is 1.64. The van der Waals surface area contributed by atoms with E-state index < -0.39 is 12.0 Å². The summed E-state index contributed by atoms with van der Waals surface area (Å²) in [5, 5.41) is 12.4. The number of rotatable bonds is 5. The molecule has 1 rings (SSSR count). The van der Waals surface area contributed by atoms with Crippen LogP contribution >= 0.6 is 11.6 Å². The van der Waals surface area contributed by atoms with Crippen molar-refractivity contribution in [2.75, 3.05) is 18.5 Å². The van der Waals surface area contributed by atoms with E-state index in [2.05, 4.69) is 5.32 Å². The number of hydrogen-bond donors (Lipinski definition) is 2. The Morgan fingerprint density at radius 3 is 2.81 bits per heavy atom. The highest BCUT2D eigenvalue weighted by Crippen LogP contribution is 2.21. The van der Waals surface area contributed by atoms with Gasteiger partial charge in [0.1, 0.15) is 6.04 Å². The van der Waals surface area contributed by atoms with Crippen LogP contribution in [0.15, 0.2) is 24.3 Å². The Morgan fingerprint density at radius 1 is 1.56 bits per heavy atom. The standard InChI is InChI=1S/C11H14ClNO3/c1-2-16-11(15)10(7-14)13-9-6-4-3-5-8(9)12/h3-6,10,13-14H,2,7H2,1H3. The summed E-state index contributed by atoms with van der Waals surface area (Å²) in [5.41, 5.74) is 0.594. The van der Waals surface area contributed by atoms with Gasteiger partial charge >= 0.3 is 5.97 Å². The molecule has 0 saturated heterocycles. The van der Waals surface area contributed by atoms with E-state index in [4.69, 9.17) is 21.4 Å². The summed E-state index contributed by atoms with van der Waals surface area (Å²) in [6.07, 6.45) is 0. The minimum atomic E-state index is -0.792. The number of anilines is 1. The molecule has 1 atom stereocenters. The van der Waals surface area contributed by atoms with Crippen molar-refractivity contribution in [2.45, 2.75) is 13.0 Å². The lowest BCUT2D eigenvalue weighted by molar-refractivity contribution is -0.144. The average molecular weight is 244 g/mol. The molecule has 0 radical (unpaired) electrons. The molecule has 1 aromatic rings. The zero-order chi connectivity index (χ0) is 12.0. The summed E-state index contributed by atoms with van der Waals surface area (Å²) in [6, 6.07) is 6.20. The van der Waals surface area contributed by atoms with Crippen molar-refractivity contribution in [2.24, 2.45) is 0 Å². The van der Waals surface area contributed by atoms with Crippen LogP contribution in [0.2, 0.25) is 5.02 Å². The van der Waals surface area contributed by atoms with Crippen LogP contribution < -0.4 is 5.32 Å². The predicted molar refractivity (Wildman–Crippen MR) is 62.6 cm³/mol. The van der Waals surface area contributed by atoms with E-state index >= 15 is 0 Å². The summed E-state index contributed by atoms with van der Waals surface area (Å²) >= 11 is 5.91. The number of carbonyl (C=O) groups is 1. The number of para-hydroxylation sites is 1. The van der Waals surface area contributed by atoms with Crippen LogP contribution in [-0.4, -0.2) is 30.3 Å². The van der Waals surface area contributed by atoms with Gasteiger partial charge in [0.05, 0.1) is 23.9 Å². The fourth-order valence-corrected chi connectivity index (χ4v) is 1.38. The molecule has 0 heterocycles. The van der Waals surface area contributed by atoms with E-state index in [0.717, 1.165) is 0 Å². The van der Waals surface area contributed by atoms with Gasteiger partial charge in [-0.05, 0) is 19.1 Å². The molecule has 0 bridgehead atoms. The number of hydrogen-bond acceptors (Lipinski definition) is 4. The number of ether oxygens (including phenoxy) is 1. The zero-order valence-electron chi connectivity index (χ0n) is 8.94. The smallest absolute Gasteiger partial charge is 0.330 e. The molecule has 2 N–H and O–H groups in total. The van der Waals surface area contributed by atoms with Crippen LogP contribution in [0.25, 0.3) is 0 Å². The second-order valence-corrected chi connectivity index (χ2v) is 3.52. The van der Waals surface area contributed by atoms with Crippen molar-refractivity contribution in [3.63, 3.8) is 0 Å². The first-order chi connectivity index (χ1) is 7.69. The minimum absolute atomic E-state index is 0.277. The Balaban J connectivity index is 2.70. The zero-order valence-corrected chi connectivity index (χ0v) is 9.70. The van der Waals surface area contributed by atoms with Gasteiger partial charge in [-0.25, -0.2) is 4.79 Å². The van der Waals surface area contributed by atoms with Gasteiger partial charge in [0.25, 0.3) is 0 Å². The van der Waals surface area contributed by atoms with Crippen LogP contribution in [0.5, 0.6) is 0 Å². The number of aliphatic hydroxyl groups excluding tert-OH is 1. The molecule has 5 heteroatoms. The number of benzene rings is 1. The molecule has 0 spiro atoms. The van der Waals surface area contributed by atoms with Gasteiger partial charge < -0.3 is 15.2 Å². The first kappa shape index (κ1) is 12.8. The van der Waals surface area contributed by atoms with Crippen LogP contribution in [0.4, 0.5) is 5.69 Å². The highest BCUT2D eigenvalue weighted by atomic mass is 35.5. The molecular formula is C11H14ClNO3. The van der Waals surface area contributed by atoms with Crippen molar-refractivity contribution in [1.29, 1.82) is 0 Å². The van der Waals surface area contributed by atoms with E-state index in [1.165, 1.54) is 0 Å². The van der Waals surface area contributed by atoms with Crippen molar-refractivity contribution < 1.29 is 14.6 Å². The normalized spacial score (nSPS) is 11.9. The van der Waals surface area contributed by atoms with E-state index in [9.17, 15) is 4.79 Å². The van der Waals surface area contributed by atoms with Crippen molar-refractivity contribution in [1.82, 2.24) is 0 Å². The first-order valence-electron chi connectivity index (χ1n) is 4.97. The van der Waals surface area contributed by atoms with Gasteiger partial charge in [-0.3, -0.25) is 0 Å². The number of aliphatic hydroxyl groups is 1. The number of halogens is 1. The Kier molecular flexibility index (Phi) is 5.08. The molecule has 0 aliphatic rings. The third-order valence-electron chi connectivity index (χ3n) is 1.96. The molecule has 4 nitrogen and oxygen atoms in total. The fourth-order valence-electron chi connectivity index (χ4n) is 1.19. The molecule has 0 saturated carbocycles. The van der Waals surface area contributed by atoms with Crippen LogP contribution in [0, 0.1) is 0 Å². The van der Waals surface area contributed by atoms with E-state index in [0.29, 0.717) is 10.7 Å². The van der Waals surface area contributed by atoms with Gasteiger partial charge in [0.15, 0.2) is 0 Å². The highest BCUT2D eigenvalue weighted by molar-refractivity contribution is 6.33. The maximum Gasteiger partial charge on any atom is 0.330 e. The molecule has 0 aliphatic heterocycles. The first-order valence-corrected chi connectivity index (χ1v) is 5.35. The second-order valence-electron chi connectivity index (χ2n) is 3.11. The third kappa shape index (κ3) is 3.40. The third-order valence-corrected chi connectivity index (χ3v) is 2.29. The molecule has 16 heavy (non-hydrogen) atoms. The average Bonchev–Trinajstić information content (AvgIpc) is 2.28. The van der Waals surface area contributed by atoms with E-state index in [-0.39, 0.29) is 13.2 Å². The summed E-state index contributed by atoms with van der Waals surface area (Å²) in [7, 11) is 0. The highest BCUT2D eigenvalue weighted by Gasteiger charge is 2.19. The van der Waals surface area contributed by atoms with Crippen LogP contribution in [0.3, 0.4) is 0 Å². The lowest BCUT2D eigenvalue weighted by atomic mass is 10.2. The van der Waals surface area contributed by atoms with Crippen molar-refractivity contribution in [3.8, 4) is 0 Å². The fraction of sp³-hybridized carbons (Fsp3) is 0.364. The minimum Gasteiger partial charge on any atom is -0.464 e. The lowest BCUT2D eigenvalue weighted by Crippen LogP contribution is -2.34. The Morgan fingerprint density at radius 2 is 2.25 bits per heavy atom. The lowest BCUT2D eigenvalue weighted by Gasteiger charge is -2.16. The van der Waals surface area contributed by atoms with E-state index in [1.807, 2.05) is 0 Å². The van der Waals surface area contributed by atoms with Gasteiger partial charge in [-0.1, -0.05) is 23.7 Å². The summed E-state index contributed by atoms with van der Waals surface area (Å²) in [4.78, 5) is 11.4. The number of esters is 1. The summed E-state index contributed by atoms with van der Waals surface area (Å²) < 4.78 is 4.80.